The van der Waals surface area contributed by atoms with E-state index in [1.54, 1.807) is 6.20 Å². The van der Waals surface area contributed by atoms with Crippen LogP contribution in [0, 0.1) is 0 Å². The lowest BCUT2D eigenvalue weighted by Gasteiger charge is -2.25. The zero-order chi connectivity index (χ0) is 23.3. The first-order valence-electron chi connectivity index (χ1n) is 12.0. The summed E-state index contributed by atoms with van der Waals surface area (Å²) >= 11 is 6.15. The van der Waals surface area contributed by atoms with E-state index < -0.39 is 0 Å². The summed E-state index contributed by atoms with van der Waals surface area (Å²) in [5, 5.41) is 0.645. The molecule has 2 fully saturated rings. The van der Waals surface area contributed by atoms with Gasteiger partial charge in [0.05, 0.1) is 11.7 Å². The van der Waals surface area contributed by atoms with E-state index in [-0.39, 0.29) is 11.9 Å². The fraction of sp³-hybridized carbons (Fsp3) is 0.370. The molecular weight excluding hydrogens is 448 g/mol. The van der Waals surface area contributed by atoms with Crippen LogP contribution in [0.5, 0.6) is 5.75 Å². The molecule has 2 aromatic carbocycles. The number of halogens is 1. The number of carbonyl (C=O) groups excluding carboxylic acids is 1. The number of nitrogens with zero attached hydrogens (tertiary/aromatic N) is 4. The summed E-state index contributed by atoms with van der Waals surface area (Å²) in [4.78, 5) is 27.0. The van der Waals surface area contributed by atoms with E-state index in [1.807, 2.05) is 59.5 Å². The smallest absolute Gasteiger partial charge is 0.254 e. The van der Waals surface area contributed by atoms with Gasteiger partial charge in [-0.25, -0.2) is 9.97 Å². The lowest BCUT2D eigenvalue weighted by molar-refractivity contribution is 0.0732. The summed E-state index contributed by atoms with van der Waals surface area (Å²) in [6.45, 7) is 4.58. The van der Waals surface area contributed by atoms with Crippen molar-refractivity contribution in [2.24, 2.45) is 0 Å². The van der Waals surface area contributed by atoms with Crippen molar-refractivity contribution in [2.45, 2.75) is 31.7 Å². The lowest BCUT2D eigenvalue weighted by atomic mass is 10.1. The third kappa shape index (κ3) is 5.24. The second-order valence-electron chi connectivity index (χ2n) is 8.90. The van der Waals surface area contributed by atoms with Crippen molar-refractivity contribution in [1.29, 1.82) is 0 Å². The quantitative estimate of drug-likeness (QED) is 0.466. The lowest BCUT2D eigenvalue weighted by Crippen LogP contribution is -2.31. The van der Waals surface area contributed by atoms with Gasteiger partial charge in [-0.05, 0) is 75.2 Å². The van der Waals surface area contributed by atoms with Gasteiger partial charge in [0.15, 0.2) is 5.82 Å². The normalized spacial score (nSPS) is 18.4. The molecule has 0 aliphatic carbocycles. The molecule has 2 aliphatic heterocycles. The van der Waals surface area contributed by atoms with Crippen molar-refractivity contribution < 1.29 is 9.53 Å². The van der Waals surface area contributed by atoms with Crippen LogP contribution in [0.4, 0.5) is 0 Å². The number of ether oxygens (including phenoxy) is 1. The van der Waals surface area contributed by atoms with Crippen LogP contribution in [0.3, 0.4) is 0 Å². The Morgan fingerprint density at radius 3 is 2.74 bits per heavy atom. The molecule has 176 valence electrons. The SMILES string of the molecule is O=C(c1cccc(OCCN2CCCC2)c1)N1CCC[C@H]1c1ccnc(-c2cccc(Cl)c2)n1. The molecule has 2 aliphatic rings. The Morgan fingerprint density at radius 2 is 1.88 bits per heavy atom. The van der Waals surface area contributed by atoms with Gasteiger partial charge < -0.3 is 9.64 Å². The molecule has 3 aromatic rings. The van der Waals surface area contributed by atoms with Crippen LogP contribution in [0.15, 0.2) is 60.8 Å². The number of hydrogen-bond donors (Lipinski definition) is 0. The number of rotatable bonds is 7. The zero-order valence-electron chi connectivity index (χ0n) is 19.2. The molecule has 6 nitrogen and oxygen atoms in total. The summed E-state index contributed by atoms with van der Waals surface area (Å²) in [7, 11) is 0. The molecule has 34 heavy (non-hydrogen) atoms. The van der Waals surface area contributed by atoms with Gasteiger partial charge in [0, 0.05) is 35.4 Å². The Balaban J connectivity index is 1.29. The third-order valence-electron chi connectivity index (χ3n) is 6.57. The van der Waals surface area contributed by atoms with Crippen LogP contribution in [-0.4, -0.2) is 58.5 Å². The van der Waals surface area contributed by atoms with Crippen molar-refractivity contribution in [1.82, 2.24) is 19.8 Å². The van der Waals surface area contributed by atoms with Crippen LogP contribution < -0.4 is 4.74 Å². The Morgan fingerprint density at radius 1 is 1.03 bits per heavy atom. The number of carbonyl (C=O) groups is 1. The van der Waals surface area contributed by atoms with Crippen molar-refractivity contribution in [2.75, 3.05) is 32.8 Å². The highest BCUT2D eigenvalue weighted by Gasteiger charge is 2.32. The fourth-order valence-corrected chi connectivity index (χ4v) is 5.02. The number of amides is 1. The van der Waals surface area contributed by atoms with Crippen molar-refractivity contribution >= 4 is 17.5 Å². The van der Waals surface area contributed by atoms with E-state index in [0.29, 0.717) is 29.6 Å². The van der Waals surface area contributed by atoms with E-state index in [1.165, 1.54) is 12.8 Å². The van der Waals surface area contributed by atoms with Gasteiger partial charge in [-0.3, -0.25) is 9.69 Å². The topological polar surface area (TPSA) is 58.6 Å². The Hall–Kier alpha value is -2.96. The summed E-state index contributed by atoms with van der Waals surface area (Å²) in [5.74, 6) is 1.37. The first kappa shape index (κ1) is 22.8. The molecule has 3 heterocycles. The van der Waals surface area contributed by atoms with Gasteiger partial charge in [0.1, 0.15) is 12.4 Å². The van der Waals surface area contributed by atoms with E-state index in [2.05, 4.69) is 9.88 Å². The van der Waals surface area contributed by atoms with E-state index in [9.17, 15) is 4.79 Å². The number of likely N-dealkylation sites (tertiary alicyclic amines) is 2. The van der Waals surface area contributed by atoms with Gasteiger partial charge in [0.2, 0.25) is 0 Å². The van der Waals surface area contributed by atoms with Crippen LogP contribution in [0.1, 0.15) is 47.8 Å². The van der Waals surface area contributed by atoms with Crippen LogP contribution >= 0.6 is 11.6 Å². The molecule has 2 saturated heterocycles. The van der Waals surface area contributed by atoms with E-state index in [0.717, 1.165) is 49.5 Å². The standard InChI is InChI=1S/C27H29ClN4O2/c28-22-8-3-6-20(18-22)26-29-12-11-24(30-26)25-10-5-15-32(25)27(33)21-7-4-9-23(19-21)34-17-16-31-13-1-2-14-31/h3-4,6-9,11-12,18-19,25H,1-2,5,10,13-17H2/t25-/m0/s1. The van der Waals surface area contributed by atoms with E-state index in [4.69, 9.17) is 21.3 Å². The summed E-state index contributed by atoms with van der Waals surface area (Å²) in [5.41, 5.74) is 2.37. The molecule has 0 saturated carbocycles. The molecule has 0 radical (unpaired) electrons. The predicted octanol–water partition coefficient (Wildman–Crippen LogP) is 5.25. The Bertz CT molecular complexity index is 1150. The highest BCUT2D eigenvalue weighted by Crippen LogP contribution is 2.33. The highest BCUT2D eigenvalue weighted by molar-refractivity contribution is 6.30. The molecule has 0 bridgehead atoms. The van der Waals surface area contributed by atoms with Crippen molar-refractivity contribution in [3.8, 4) is 17.1 Å². The maximum absolute atomic E-state index is 13.5. The fourth-order valence-electron chi connectivity index (χ4n) is 4.83. The first-order chi connectivity index (χ1) is 16.7. The maximum Gasteiger partial charge on any atom is 0.254 e. The molecule has 0 spiro atoms. The average molecular weight is 477 g/mol. The number of hydrogen-bond acceptors (Lipinski definition) is 5. The summed E-state index contributed by atoms with van der Waals surface area (Å²) < 4.78 is 5.96. The molecule has 0 unspecified atom stereocenters. The number of benzene rings is 2. The summed E-state index contributed by atoms with van der Waals surface area (Å²) in [6.07, 6.45) is 6.12. The molecule has 7 heteroatoms. The molecule has 1 atom stereocenters. The van der Waals surface area contributed by atoms with Gasteiger partial charge in [-0.1, -0.05) is 29.8 Å². The molecule has 0 N–H and O–H groups in total. The Kier molecular flexibility index (Phi) is 7.07. The minimum atomic E-state index is -0.0758. The molecule has 1 aromatic heterocycles. The Labute approximate surface area is 205 Å². The molecule has 5 rings (SSSR count). The first-order valence-corrected chi connectivity index (χ1v) is 12.4. The minimum Gasteiger partial charge on any atom is -0.492 e. The van der Waals surface area contributed by atoms with Crippen molar-refractivity contribution in [3.63, 3.8) is 0 Å². The van der Waals surface area contributed by atoms with Crippen LogP contribution in [-0.2, 0) is 0 Å². The summed E-state index contributed by atoms with van der Waals surface area (Å²) in [6, 6.07) is 16.9. The third-order valence-corrected chi connectivity index (χ3v) is 6.81. The second kappa shape index (κ2) is 10.5. The molecule has 1 amide bonds. The second-order valence-corrected chi connectivity index (χ2v) is 9.33. The van der Waals surface area contributed by atoms with Crippen molar-refractivity contribution in [3.05, 3.63) is 77.1 Å². The molecular formula is C27H29ClN4O2. The predicted molar refractivity (Wildman–Crippen MR) is 133 cm³/mol. The van der Waals surface area contributed by atoms with Crippen LogP contribution in [0.25, 0.3) is 11.4 Å². The largest absolute Gasteiger partial charge is 0.492 e. The minimum absolute atomic E-state index is 0.00964. The van der Waals surface area contributed by atoms with Gasteiger partial charge in [0.25, 0.3) is 5.91 Å². The number of aromatic nitrogens is 2. The van der Waals surface area contributed by atoms with Crippen LogP contribution in [0.2, 0.25) is 5.02 Å². The maximum atomic E-state index is 13.5. The van der Waals surface area contributed by atoms with Gasteiger partial charge in [-0.15, -0.1) is 0 Å². The zero-order valence-corrected chi connectivity index (χ0v) is 20.0. The van der Waals surface area contributed by atoms with E-state index >= 15 is 0 Å². The highest BCUT2D eigenvalue weighted by atomic mass is 35.5. The van der Waals surface area contributed by atoms with Gasteiger partial charge >= 0.3 is 0 Å². The van der Waals surface area contributed by atoms with Gasteiger partial charge in [-0.2, -0.15) is 0 Å². The monoisotopic (exact) mass is 476 g/mol. The average Bonchev–Trinajstić information content (AvgIpc) is 3.56.